The molecule has 0 aliphatic rings. The average molecular weight is 383 g/mol. The second kappa shape index (κ2) is 12.1. The summed E-state index contributed by atoms with van der Waals surface area (Å²) >= 11 is 3.51. The zero-order chi connectivity index (χ0) is 17.0. The van der Waals surface area contributed by atoms with E-state index in [1.165, 1.54) is 80.8 Å². The number of hydrogen-bond donors (Lipinski definition) is 0. The third-order valence-electron chi connectivity index (χ3n) is 4.64. The van der Waals surface area contributed by atoms with E-state index >= 15 is 0 Å². The summed E-state index contributed by atoms with van der Waals surface area (Å²) in [7, 11) is 4.71. The van der Waals surface area contributed by atoms with Crippen LogP contribution in [0, 0.1) is 0 Å². The van der Waals surface area contributed by atoms with Gasteiger partial charge in [0.15, 0.2) is 0 Å². The molecule has 132 valence electrons. The first-order valence-corrected chi connectivity index (χ1v) is 10.4. The summed E-state index contributed by atoms with van der Waals surface area (Å²) in [6.45, 7) is 4.70. The lowest BCUT2D eigenvalue weighted by atomic mass is 10.1. The Bertz CT molecular complexity index is 397. The van der Waals surface area contributed by atoms with Crippen LogP contribution in [-0.2, 0) is 6.54 Å². The Morgan fingerprint density at radius 1 is 0.739 bits per heavy atom. The van der Waals surface area contributed by atoms with Gasteiger partial charge in [-0.3, -0.25) is 0 Å². The van der Waals surface area contributed by atoms with E-state index in [-0.39, 0.29) is 0 Å². The summed E-state index contributed by atoms with van der Waals surface area (Å²) in [6.07, 6.45) is 14.2. The summed E-state index contributed by atoms with van der Waals surface area (Å²) in [5, 5.41) is 0. The maximum atomic E-state index is 3.51. The quantitative estimate of drug-likeness (QED) is 0.255. The van der Waals surface area contributed by atoms with E-state index in [0.29, 0.717) is 0 Å². The molecular weight excluding hydrogens is 346 g/mol. The number of quaternary nitrogens is 1. The first-order valence-electron chi connectivity index (χ1n) is 9.60. The Hall–Kier alpha value is -0.340. The Balaban J connectivity index is 2.04. The molecule has 1 rings (SSSR count). The predicted molar refractivity (Wildman–Crippen MR) is 107 cm³/mol. The van der Waals surface area contributed by atoms with E-state index in [1.54, 1.807) is 0 Å². The first kappa shape index (κ1) is 20.7. The Kier molecular flexibility index (Phi) is 10.9. The molecule has 0 amide bonds. The van der Waals surface area contributed by atoms with E-state index in [1.807, 2.05) is 0 Å². The molecule has 0 spiro atoms. The highest BCUT2D eigenvalue weighted by Crippen LogP contribution is 2.16. The third-order valence-corrected chi connectivity index (χ3v) is 5.17. The molecular formula is C21H37BrN+. The molecule has 1 nitrogen and oxygen atoms in total. The van der Waals surface area contributed by atoms with Crippen molar-refractivity contribution in [3.8, 4) is 0 Å². The van der Waals surface area contributed by atoms with Gasteiger partial charge in [0.05, 0.1) is 20.6 Å². The number of halogens is 1. The van der Waals surface area contributed by atoms with Crippen molar-refractivity contribution in [3.63, 3.8) is 0 Å². The van der Waals surface area contributed by atoms with Gasteiger partial charge < -0.3 is 4.48 Å². The highest BCUT2D eigenvalue weighted by Gasteiger charge is 2.15. The summed E-state index contributed by atoms with van der Waals surface area (Å²) in [4.78, 5) is 0. The fraction of sp³-hybridized carbons (Fsp3) is 0.714. The second-order valence-electron chi connectivity index (χ2n) is 7.63. The molecule has 0 aliphatic heterocycles. The van der Waals surface area contributed by atoms with Crippen molar-refractivity contribution >= 4 is 15.9 Å². The van der Waals surface area contributed by atoms with E-state index in [0.717, 1.165) is 11.0 Å². The first-order chi connectivity index (χ1) is 11.0. The fourth-order valence-electron chi connectivity index (χ4n) is 3.19. The van der Waals surface area contributed by atoms with Gasteiger partial charge in [-0.25, -0.2) is 0 Å². The van der Waals surface area contributed by atoms with Gasteiger partial charge in [0.1, 0.15) is 6.54 Å². The van der Waals surface area contributed by atoms with Crippen LogP contribution in [0.2, 0.25) is 0 Å². The van der Waals surface area contributed by atoms with E-state index in [9.17, 15) is 0 Å². The molecule has 0 aromatic heterocycles. The number of unbranched alkanes of at least 4 members (excludes halogenated alkanes) is 9. The lowest BCUT2D eigenvalue weighted by Gasteiger charge is -2.30. The minimum Gasteiger partial charge on any atom is -0.325 e. The maximum Gasteiger partial charge on any atom is 0.104 e. The molecule has 2 heteroatoms. The van der Waals surface area contributed by atoms with Crippen LogP contribution in [0.15, 0.2) is 28.7 Å². The fourth-order valence-corrected chi connectivity index (χ4v) is 3.45. The van der Waals surface area contributed by atoms with Crippen molar-refractivity contribution in [1.82, 2.24) is 0 Å². The molecule has 0 N–H and O–H groups in total. The molecule has 0 aliphatic carbocycles. The summed E-state index contributed by atoms with van der Waals surface area (Å²) in [5.74, 6) is 0. The van der Waals surface area contributed by atoms with Crippen LogP contribution in [0.3, 0.4) is 0 Å². The van der Waals surface area contributed by atoms with Gasteiger partial charge in [0, 0.05) is 10.0 Å². The van der Waals surface area contributed by atoms with E-state index in [4.69, 9.17) is 0 Å². The van der Waals surface area contributed by atoms with Crippen LogP contribution >= 0.6 is 15.9 Å². The van der Waals surface area contributed by atoms with Crippen molar-refractivity contribution in [2.45, 2.75) is 77.7 Å². The molecule has 1 aromatic carbocycles. The van der Waals surface area contributed by atoms with Gasteiger partial charge in [-0.2, -0.15) is 0 Å². The largest absolute Gasteiger partial charge is 0.325 e. The molecule has 0 fully saturated rings. The van der Waals surface area contributed by atoms with Crippen molar-refractivity contribution in [1.29, 1.82) is 0 Å². The minimum atomic E-state index is 1.10. The zero-order valence-electron chi connectivity index (χ0n) is 15.6. The zero-order valence-corrected chi connectivity index (χ0v) is 17.2. The van der Waals surface area contributed by atoms with Crippen LogP contribution in [0.4, 0.5) is 0 Å². The van der Waals surface area contributed by atoms with Gasteiger partial charge in [-0.05, 0) is 25.0 Å². The number of benzene rings is 1. The maximum absolute atomic E-state index is 3.51. The number of nitrogens with zero attached hydrogens (tertiary/aromatic N) is 1. The van der Waals surface area contributed by atoms with Crippen LogP contribution in [0.25, 0.3) is 0 Å². The van der Waals surface area contributed by atoms with Crippen LogP contribution in [0.5, 0.6) is 0 Å². The normalized spacial score (nSPS) is 11.8. The van der Waals surface area contributed by atoms with Crippen molar-refractivity contribution in [2.75, 3.05) is 20.6 Å². The number of hydrogen-bond acceptors (Lipinski definition) is 0. The van der Waals surface area contributed by atoms with Gasteiger partial charge in [0.25, 0.3) is 0 Å². The molecule has 1 aromatic rings. The van der Waals surface area contributed by atoms with Gasteiger partial charge >= 0.3 is 0 Å². The van der Waals surface area contributed by atoms with Gasteiger partial charge in [-0.1, -0.05) is 86.4 Å². The van der Waals surface area contributed by atoms with Crippen molar-refractivity contribution < 1.29 is 4.48 Å². The molecule has 0 atom stereocenters. The highest BCUT2D eigenvalue weighted by molar-refractivity contribution is 9.10. The van der Waals surface area contributed by atoms with Crippen LogP contribution in [0.1, 0.15) is 76.7 Å². The molecule has 23 heavy (non-hydrogen) atoms. The third kappa shape index (κ3) is 10.9. The van der Waals surface area contributed by atoms with Crippen LogP contribution < -0.4 is 0 Å². The topological polar surface area (TPSA) is 0 Å². The molecule has 0 saturated heterocycles. The summed E-state index contributed by atoms with van der Waals surface area (Å²) < 4.78 is 2.26. The molecule has 0 bridgehead atoms. The van der Waals surface area contributed by atoms with E-state index in [2.05, 4.69) is 61.2 Å². The summed E-state index contributed by atoms with van der Waals surface area (Å²) in [6, 6.07) is 8.77. The van der Waals surface area contributed by atoms with Crippen molar-refractivity contribution in [3.05, 3.63) is 34.3 Å². The van der Waals surface area contributed by atoms with Gasteiger partial charge in [-0.15, -0.1) is 0 Å². The molecule has 0 saturated carbocycles. The molecule has 0 unspecified atom stereocenters. The van der Waals surface area contributed by atoms with Crippen molar-refractivity contribution in [2.24, 2.45) is 0 Å². The summed E-state index contributed by atoms with van der Waals surface area (Å²) in [5.41, 5.74) is 1.44. The SMILES string of the molecule is CCCCCCCCCCCC[N+](C)(C)Cc1ccc(Br)cc1. The minimum absolute atomic E-state index is 1.10. The lowest BCUT2D eigenvalue weighted by Crippen LogP contribution is -2.39. The highest BCUT2D eigenvalue weighted by atomic mass is 79.9. The lowest BCUT2D eigenvalue weighted by molar-refractivity contribution is -0.903. The Morgan fingerprint density at radius 3 is 1.74 bits per heavy atom. The molecule has 0 radical (unpaired) electrons. The smallest absolute Gasteiger partial charge is 0.104 e. The Labute approximate surface area is 153 Å². The average Bonchev–Trinajstić information content (AvgIpc) is 2.51. The second-order valence-corrected chi connectivity index (χ2v) is 8.54. The predicted octanol–water partition coefficient (Wildman–Crippen LogP) is 6.95. The van der Waals surface area contributed by atoms with Crippen LogP contribution in [-0.4, -0.2) is 25.1 Å². The molecule has 0 heterocycles. The van der Waals surface area contributed by atoms with Gasteiger partial charge in [0.2, 0.25) is 0 Å². The monoisotopic (exact) mass is 382 g/mol. The Morgan fingerprint density at radius 2 is 1.22 bits per heavy atom. The van der Waals surface area contributed by atoms with E-state index < -0.39 is 0 Å². The standard InChI is InChI=1S/C21H37BrN/c1-4-5-6-7-8-9-10-11-12-13-18-23(2,3)19-20-14-16-21(22)17-15-20/h14-17H,4-13,18-19H2,1-3H3/q+1. The number of rotatable bonds is 13.